The second kappa shape index (κ2) is 12.8. The van der Waals surface area contributed by atoms with Crippen LogP contribution in [0, 0.1) is 0 Å². The Labute approximate surface area is 130 Å². The molecule has 0 atom stereocenters. The lowest BCUT2D eigenvalue weighted by Gasteiger charge is -2.03. The summed E-state index contributed by atoms with van der Waals surface area (Å²) >= 11 is 0. The minimum Gasteiger partial charge on any atom is -0.412 e. The first-order valence-electron chi connectivity index (χ1n) is 4.91. The van der Waals surface area contributed by atoms with Gasteiger partial charge in [-0.1, -0.05) is 0 Å². The lowest BCUT2D eigenvalue weighted by atomic mass is 10.7. The van der Waals surface area contributed by atoms with Crippen LogP contribution in [0.15, 0.2) is 0 Å². The van der Waals surface area contributed by atoms with Crippen LogP contribution in [0.4, 0.5) is 0 Å². The van der Waals surface area contributed by atoms with Crippen molar-refractivity contribution in [2.24, 2.45) is 11.5 Å². The van der Waals surface area contributed by atoms with Crippen molar-refractivity contribution in [3.05, 3.63) is 0 Å². The van der Waals surface area contributed by atoms with E-state index in [0.717, 1.165) is 0 Å². The van der Waals surface area contributed by atoms with Crippen LogP contribution in [0.3, 0.4) is 0 Å². The molecule has 0 spiro atoms. The van der Waals surface area contributed by atoms with E-state index in [9.17, 15) is 18.3 Å². The third-order valence-electron chi connectivity index (χ3n) is 0.904. The standard InChI is InChI=1S/C2H8N2.2CH6O6P2.H2O/c3-1-2-4;2*2-8(3,4)1-9(5,6)7;/h1-4H2;2*1H2,(H2,2,3,4)(H2,5,6,7);1H2. The highest BCUT2D eigenvalue weighted by atomic mass is 31.2. The summed E-state index contributed by atoms with van der Waals surface area (Å²) in [5.74, 6) is -2.75. The molecule has 19 heteroatoms. The molecule has 0 amide bonds. The van der Waals surface area contributed by atoms with E-state index < -0.39 is 42.2 Å². The van der Waals surface area contributed by atoms with E-state index >= 15 is 0 Å². The Balaban J connectivity index is -0.000000124. The van der Waals surface area contributed by atoms with Crippen molar-refractivity contribution in [1.82, 2.24) is 0 Å². The number of hydrogen-bond donors (Lipinski definition) is 10. The second-order valence-electron chi connectivity index (χ2n) is 3.52. The van der Waals surface area contributed by atoms with Gasteiger partial charge in [0.2, 0.25) is 0 Å². The highest BCUT2D eigenvalue weighted by molar-refractivity contribution is 7.69. The van der Waals surface area contributed by atoms with Crippen molar-refractivity contribution < 1.29 is 62.9 Å². The Bertz CT molecular complexity index is 386. The van der Waals surface area contributed by atoms with Crippen molar-refractivity contribution in [2.45, 2.75) is 0 Å². The molecule has 0 saturated carbocycles. The molecular weight excluding hydrogens is 408 g/mol. The maximum Gasteiger partial charge on any atom is 0.337 e. The average Bonchev–Trinajstić information content (AvgIpc) is 2.06. The summed E-state index contributed by atoms with van der Waals surface area (Å²) in [7, 11) is -18.2. The summed E-state index contributed by atoms with van der Waals surface area (Å²) in [6.07, 6.45) is 0. The first kappa shape index (κ1) is 31.3. The summed E-state index contributed by atoms with van der Waals surface area (Å²) in [6.45, 7) is 1.19. The molecule has 0 aromatic rings. The molecule has 0 bridgehead atoms. The zero-order valence-corrected chi connectivity index (χ0v) is 15.1. The van der Waals surface area contributed by atoms with Crippen molar-refractivity contribution in [3.63, 3.8) is 0 Å². The molecule has 0 aromatic carbocycles. The zero-order chi connectivity index (χ0) is 18.8. The Morgan fingerprint density at radius 1 is 0.522 bits per heavy atom. The molecule has 0 aliphatic rings. The highest BCUT2D eigenvalue weighted by Gasteiger charge is 2.27. The van der Waals surface area contributed by atoms with Crippen molar-refractivity contribution >= 4 is 30.4 Å². The summed E-state index contributed by atoms with van der Waals surface area (Å²) in [6, 6.07) is 0. The maximum atomic E-state index is 9.85. The molecule has 0 unspecified atom stereocenters. The number of rotatable bonds is 5. The molecular formula is C4H22N2O13P4. The smallest absolute Gasteiger partial charge is 0.337 e. The van der Waals surface area contributed by atoms with Gasteiger partial charge in [-0.2, -0.15) is 0 Å². The second-order valence-corrected chi connectivity index (χ2v) is 11.1. The molecule has 0 aromatic heterocycles. The molecule has 0 fully saturated rings. The lowest BCUT2D eigenvalue weighted by molar-refractivity contribution is 0.352. The van der Waals surface area contributed by atoms with Gasteiger partial charge in [-0.3, -0.25) is 18.3 Å². The minimum absolute atomic E-state index is 0. The van der Waals surface area contributed by atoms with Crippen molar-refractivity contribution in [3.8, 4) is 0 Å². The molecule has 23 heavy (non-hydrogen) atoms. The van der Waals surface area contributed by atoms with Crippen LogP contribution < -0.4 is 11.5 Å². The van der Waals surface area contributed by atoms with E-state index in [1.54, 1.807) is 0 Å². The Morgan fingerprint density at radius 2 is 0.652 bits per heavy atom. The van der Waals surface area contributed by atoms with Gasteiger partial charge in [0.05, 0.1) is 0 Å². The topological polar surface area (TPSA) is 314 Å². The molecule has 0 heterocycles. The molecule has 0 radical (unpaired) electrons. The third kappa shape index (κ3) is 51.9. The van der Waals surface area contributed by atoms with Crippen LogP contribution in [0.1, 0.15) is 0 Å². The summed E-state index contributed by atoms with van der Waals surface area (Å²) < 4.78 is 39.4. The van der Waals surface area contributed by atoms with Gasteiger partial charge in [0, 0.05) is 13.1 Å². The number of nitrogens with two attached hydrogens (primary N) is 2. The van der Waals surface area contributed by atoms with Gasteiger partial charge < -0.3 is 56.1 Å². The Hall–Kier alpha value is 0.480. The fourth-order valence-corrected chi connectivity index (χ4v) is 4.32. The first-order chi connectivity index (χ1) is 9.33. The normalized spacial score (nSPS) is 12.1. The van der Waals surface area contributed by atoms with Gasteiger partial charge in [-0.05, 0) is 0 Å². The average molecular weight is 430 g/mol. The predicted molar refractivity (Wildman–Crippen MR) is 79.6 cm³/mol. The largest absolute Gasteiger partial charge is 0.412 e. The third-order valence-corrected chi connectivity index (χ3v) is 6.80. The van der Waals surface area contributed by atoms with E-state index in [2.05, 4.69) is 0 Å². The van der Waals surface area contributed by atoms with E-state index in [0.29, 0.717) is 13.1 Å². The molecule has 0 aliphatic heterocycles. The predicted octanol–water partition coefficient (Wildman–Crippen LogP) is -3.32. The first-order valence-corrected chi connectivity index (χ1v) is 12.1. The molecule has 15 nitrogen and oxygen atoms in total. The summed E-state index contributed by atoms with van der Waals surface area (Å²) in [5, 5.41) is 0. The molecule has 0 rings (SSSR count). The Morgan fingerprint density at radius 3 is 0.652 bits per heavy atom. The van der Waals surface area contributed by atoms with Crippen molar-refractivity contribution in [2.75, 3.05) is 24.9 Å². The zero-order valence-electron chi connectivity index (χ0n) is 11.5. The van der Waals surface area contributed by atoms with Crippen LogP contribution in [0.25, 0.3) is 0 Å². The van der Waals surface area contributed by atoms with Gasteiger partial charge in [-0.15, -0.1) is 0 Å². The van der Waals surface area contributed by atoms with Gasteiger partial charge in [0.15, 0.2) is 11.8 Å². The summed E-state index contributed by atoms with van der Waals surface area (Å²) in [4.78, 5) is 63.8. The number of hydrogen-bond acceptors (Lipinski definition) is 6. The van der Waals surface area contributed by atoms with E-state index in [1.165, 1.54) is 0 Å². The fraction of sp³-hybridized carbons (Fsp3) is 1.00. The maximum absolute atomic E-state index is 9.85. The van der Waals surface area contributed by atoms with E-state index in [-0.39, 0.29) is 5.48 Å². The fourth-order valence-electron chi connectivity index (χ4n) is 0.480. The quantitative estimate of drug-likeness (QED) is 0.191. The highest BCUT2D eigenvalue weighted by Crippen LogP contribution is 2.52. The van der Waals surface area contributed by atoms with Crippen LogP contribution >= 0.6 is 30.4 Å². The van der Waals surface area contributed by atoms with Gasteiger partial charge in [0.1, 0.15) is 0 Å². The van der Waals surface area contributed by atoms with E-state index in [4.69, 9.17) is 50.6 Å². The minimum atomic E-state index is -4.55. The summed E-state index contributed by atoms with van der Waals surface area (Å²) in [5.41, 5.74) is 9.81. The van der Waals surface area contributed by atoms with Gasteiger partial charge in [0.25, 0.3) is 0 Å². The Kier molecular flexibility index (Phi) is 17.4. The van der Waals surface area contributed by atoms with Crippen LogP contribution in [0.2, 0.25) is 0 Å². The monoisotopic (exact) mass is 430 g/mol. The van der Waals surface area contributed by atoms with Crippen LogP contribution in [-0.4, -0.2) is 69.5 Å². The van der Waals surface area contributed by atoms with Crippen LogP contribution in [0.5, 0.6) is 0 Å². The van der Waals surface area contributed by atoms with Gasteiger partial charge in [-0.25, -0.2) is 0 Å². The van der Waals surface area contributed by atoms with E-state index in [1.807, 2.05) is 0 Å². The molecule has 14 N–H and O–H groups in total. The molecule has 0 saturated heterocycles. The SMILES string of the molecule is NCCN.O.O=P(O)(O)CP(=O)(O)O.O=P(O)(O)CP(=O)(O)O. The molecule has 146 valence electrons. The van der Waals surface area contributed by atoms with Crippen molar-refractivity contribution in [1.29, 1.82) is 0 Å². The lowest BCUT2D eigenvalue weighted by Crippen LogP contribution is -2.11. The van der Waals surface area contributed by atoms with Gasteiger partial charge >= 0.3 is 30.4 Å². The van der Waals surface area contributed by atoms with Crippen LogP contribution in [-0.2, 0) is 18.3 Å². The molecule has 0 aliphatic carbocycles.